The molecule has 1 aliphatic heterocycles. The molecule has 3 rings (SSSR count). The van der Waals surface area contributed by atoms with Crippen LogP contribution < -0.4 is 10.6 Å². The number of hydrogen-bond acceptors (Lipinski definition) is 7. The first-order chi connectivity index (χ1) is 19.8. The van der Waals surface area contributed by atoms with Gasteiger partial charge in [-0.25, -0.2) is 9.37 Å². The number of alkyl halides is 1. The standard InChI is InChI=1S/C24H36N4O3S.C4H5FO.2C2H6/c1-8-17(20-16(3)27-14-32-20)10-9-15(2)12-26-22(30)19-11-18(29)13-28(19)23(31)21(25-7)24(4,5)6;5-4(3-6)1-2-4;2*1-2/h8-10,14,18-19,21,25,29H,1,11-13H2,2-7H3,(H,26,30);3H,1-2H2;2*1-2H3/b15-9+,17-10+;;;. The summed E-state index contributed by atoms with van der Waals surface area (Å²) < 4.78 is 11.9. The van der Waals surface area contributed by atoms with Crippen LogP contribution in [-0.4, -0.2) is 77.1 Å². The number of allylic oxidation sites excluding steroid dienone is 4. The monoisotopic (exact) mass is 608 g/mol. The van der Waals surface area contributed by atoms with Crippen LogP contribution in [0.15, 0.2) is 35.9 Å². The fourth-order valence-electron chi connectivity index (χ4n) is 4.09. The van der Waals surface area contributed by atoms with E-state index in [0.29, 0.717) is 25.7 Å². The van der Waals surface area contributed by atoms with E-state index in [0.717, 1.165) is 21.7 Å². The molecule has 2 aliphatic rings. The summed E-state index contributed by atoms with van der Waals surface area (Å²) in [4.78, 5) is 42.4. The Labute approximate surface area is 256 Å². The van der Waals surface area contributed by atoms with Crippen molar-refractivity contribution in [3.8, 4) is 0 Å². The average molecular weight is 609 g/mol. The molecule has 10 heteroatoms. The molecular weight excluding hydrogens is 555 g/mol. The van der Waals surface area contributed by atoms with Gasteiger partial charge < -0.3 is 20.6 Å². The first-order valence-electron chi connectivity index (χ1n) is 14.8. The van der Waals surface area contributed by atoms with E-state index in [2.05, 4.69) is 22.2 Å². The molecule has 8 nitrogen and oxygen atoms in total. The average Bonchev–Trinajstić information content (AvgIpc) is 3.35. The number of aryl methyl sites for hydroxylation is 1. The molecule has 0 radical (unpaired) electrons. The molecule has 2 amide bonds. The first-order valence-corrected chi connectivity index (χ1v) is 15.6. The summed E-state index contributed by atoms with van der Waals surface area (Å²) in [7, 11) is 1.74. The van der Waals surface area contributed by atoms with E-state index in [4.69, 9.17) is 0 Å². The number of thiazole rings is 1. The van der Waals surface area contributed by atoms with Crippen LogP contribution in [-0.2, 0) is 14.4 Å². The Kier molecular flexibility index (Phi) is 17.6. The number of nitrogens with one attached hydrogen (secondary N) is 2. The minimum atomic E-state index is -1.39. The van der Waals surface area contributed by atoms with Crippen LogP contribution in [0.1, 0.15) is 85.2 Å². The number of halogens is 1. The van der Waals surface area contributed by atoms with Crippen molar-refractivity contribution in [2.75, 3.05) is 20.1 Å². The molecule has 1 aliphatic carbocycles. The molecule has 1 aromatic rings. The zero-order valence-corrected chi connectivity index (χ0v) is 28.0. The van der Waals surface area contributed by atoms with Crippen molar-refractivity contribution < 1.29 is 23.9 Å². The van der Waals surface area contributed by atoms with Crippen molar-refractivity contribution in [3.05, 3.63) is 46.5 Å². The fraction of sp³-hybridized carbons (Fsp3) is 0.625. The van der Waals surface area contributed by atoms with E-state index < -0.39 is 23.9 Å². The fourth-order valence-corrected chi connectivity index (χ4v) is 4.91. The maximum atomic E-state index is 13.1. The number of aldehydes is 1. The number of likely N-dealkylation sites (N-methyl/N-ethyl adjacent to an activating group) is 1. The summed E-state index contributed by atoms with van der Waals surface area (Å²) in [6, 6.07) is -1.12. The second-order valence-corrected chi connectivity index (χ2v) is 11.8. The normalized spacial score (nSPS) is 20.0. The third-order valence-electron chi connectivity index (χ3n) is 6.52. The van der Waals surface area contributed by atoms with Crippen LogP contribution in [0.25, 0.3) is 5.57 Å². The lowest BCUT2D eigenvalue weighted by molar-refractivity contribution is -0.142. The van der Waals surface area contributed by atoms with E-state index >= 15 is 0 Å². The van der Waals surface area contributed by atoms with Crippen molar-refractivity contribution in [2.24, 2.45) is 5.41 Å². The van der Waals surface area contributed by atoms with Crippen molar-refractivity contribution in [2.45, 2.75) is 105 Å². The van der Waals surface area contributed by atoms with Gasteiger partial charge in [0.25, 0.3) is 0 Å². The maximum Gasteiger partial charge on any atom is 0.243 e. The topological polar surface area (TPSA) is 112 Å². The van der Waals surface area contributed by atoms with Gasteiger partial charge in [-0.05, 0) is 44.7 Å². The SMILES string of the molecule is C=C/C(=C\C=C(/C)CNC(=O)C1CC(O)CN1C(=O)C(NC)C(C)(C)C)c1scnc1C.CC.CC.O=CC1(F)CC1. The van der Waals surface area contributed by atoms with Gasteiger partial charge in [-0.1, -0.05) is 78.8 Å². The van der Waals surface area contributed by atoms with Crippen molar-refractivity contribution in [1.29, 1.82) is 0 Å². The van der Waals surface area contributed by atoms with Gasteiger partial charge in [0.2, 0.25) is 11.8 Å². The molecule has 42 heavy (non-hydrogen) atoms. The van der Waals surface area contributed by atoms with Crippen molar-refractivity contribution in [3.63, 3.8) is 0 Å². The van der Waals surface area contributed by atoms with Gasteiger partial charge in [0.15, 0.2) is 12.0 Å². The number of carbonyl (C=O) groups is 3. The summed E-state index contributed by atoms with van der Waals surface area (Å²) >= 11 is 1.56. The van der Waals surface area contributed by atoms with E-state index in [-0.39, 0.29) is 30.2 Å². The molecular formula is C32H53FN4O4S. The smallest absolute Gasteiger partial charge is 0.243 e. The highest BCUT2D eigenvalue weighted by molar-refractivity contribution is 7.11. The number of aliphatic hydroxyl groups excluding tert-OH is 1. The molecule has 0 spiro atoms. The van der Waals surface area contributed by atoms with Gasteiger partial charge >= 0.3 is 0 Å². The highest BCUT2D eigenvalue weighted by Crippen LogP contribution is 2.36. The second-order valence-electron chi connectivity index (χ2n) is 11.0. The van der Waals surface area contributed by atoms with Crippen LogP contribution in [0.3, 0.4) is 0 Å². The number of carbonyl (C=O) groups excluding carboxylic acids is 3. The van der Waals surface area contributed by atoms with Crippen molar-refractivity contribution in [1.82, 2.24) is 20.5 Å². The number of hydrogen-bond donors (Lipinski definition) is 3. The van der Waals surface area contributed by atoms with Crippen LogP contribution in [0, 0.1) is 12.3 Å². The number of amides is 2. The molecule has 2 heterocycles. The Balaban J connectivity index is 0.00000144. The largest absolute Gasteiger partial charge is 0.391 e. The molecule has 3 atom stereocenters. The van der Waals surface area contributed by atoms with Crippen LogP contribution in [0.4, 0.5) is 4.39 Å². The van der Waals surface area contributed by atoms with E-state index in [1.807, 2.05) is 74.5 Å². The number of nitrogens with zero attached hydrogens (tertiary/aromatic N) is 2. The highest BCUT2D eigenvalue weighted by Gasteiger charge is 2.43. The summed E-state index contributed by atoms with van der Waals surface area (Å²) in [5.41, 5.74) is 3.00. The van der Waals surface area contributed by atoms with Crippen LogP contribution in [0.2, 0.25) is 0 Å². The third-order valence-corrected chi connectivity index (χ3v) is 7.50. The van der Waals surface area contributed by atoms with Gasteiger partial charge in [0.1, 0.15) is 6.04 Å². The lowest BCUT2D eigenvalue weighted by Gasteiger charge is -2.34. The zero-order chi connectivity index (χ0) is 32.7. The molecule has 0 aromatic carbocycles. The Bertz CT molecular complexity index is 1070. The molecule has 0 bridgehead atoms. The highest BCUT2D eigenvalue weighted by atomic mass is 32.1. The Morgan fingerprint density at radius 2 is 1.86 bits per heavy atom. The van der Waals surface area contributed by atoms with E-state index in [1.54, 1.807) is 30.0 Å². The van der Waals surface area contributed by atoms with Gasteiger partial charge in [0.05, 0.1) is 28.2 Å². The predicted octanol–water partition coefficient (Wildman–Crippen LogP) is 5.42. The third kappa shape index (κ3) is 12.3. The first kappa shape index (κ1) is 39.3. The van der Waals surface area contributed by atoms with Gasteiger partial charge in [0, 0.05) is 19.5 Å². The second kappa shape index (κ2) is 18.8. The predicted molar refractivity (Wildman–Crippen MR) is 172 cm³/mol. The molecule has 1 aromatic heterocycles. The van der Waals surface area contributed by atoms with Crippen LogP contribution >= 0.6 is 11.3 Å². The van der Waals surface area contributed by atoms with Crippen LogP contribution in [0.5, 0.6) is 0 Å². The Hall–Kier alpha value is -2.69. The number of aromatic nitrogens is 1. The van der Waals surface area contributed by atoms with Gasteiger partial charge in [-0.3, -0.25) is 14.4 Å². The van der Waals surface area contributed by atoms with Gasteiger partial charge in [-0.15, -0.1) is 11.3 Å². The summed E-state index contributed by atoms with van der Waals surface area (Å²) in [6.07, 6.45) is 6.50. The van der Waals surface area contributed by atoms with Gasteiger partial charge in [-0.2, -0.15) is 0 Å². The summed E-state index contributed by atoms with van der Waals surface area (Å²) in [5.74, 6) is -0.417. The zero-order valence-electron chi connectivity index (χ0n) is 27.2. The number of rotatable bonds is 9. The summed E-state index contributed by atoms with van der Waals surface area (Å²) in [5, 5.41) is 16.1. The quantitative estimate of drug-likeness (QED) is 0.255. The molecule has 1 saturated carbocycles. The maximum absolute atomic E-state index is 13.1. The number of aliphatic hydroxyl groups is 1. The molecule has 3 unspecified atom stereocenters. The van der Waals surface area contributed by atoms with E-state index in [9.17, 15) is 23.9 Å². The van der Waals surface area contributed by atoms with E-state index in [1.165, 1.54) is 4.90 Å². The molecule has 3 N–H and O–H groups in total. The molecule has 2 fully saturated rings. The minimum absolute atomic E-state index is 0.164. The molecule has 1 saturated heterocycles. The number of β-amino-alcohol motifs (C(OH)–C–C–N with tert-alkyl or cyclic N) is 1. The Morgan fingerprint density at radius 1 is 1.26 bits per heavy atom. The molecule has 238 valence electrons. The number of likely N-dealkylation sites (tertiary alicyclic amines) is 1. The summed E-state index contributed by atoms with van der Waals surface area (Å²) in [6.45, 7) is 22.2. The Morgan fingerprint density at radius 3 is 2.26 bits per heavy atom. The lowest BCUT2D eigenvalue weighted by Crippen LogP contribution is -2.55. The minimum Gasteiger partial charge on any atom is -0.391 e. The van der Waals surface area contributed by atoms with Crippen molar-refractivity contribution >= 4 is 35.0 Å². The lowest BCUT2D eigenvalue weighted by atomic mass is 9.86.